The lowest BCUT2D eigenvalue weighted by Gasteiger charge is -2.30. The van der Waals surface area contributed by atoms with Crippen molar-refractivity contribution in [2.75, 3.05) is 4.90 Å². The molecule has 0 radical (unpaired) electrons. The summed E-state index contributed by atoms with van der Waals surface area (Å²) in [5.74, 6) is 0.255. The van der Waals surface area contributed by atoms with E-state index in [2.05, 4.69) is 24.8 Å². The van der Waals surface area contributed by atoms with Gasteiger partial charge < -0.3 is 4.90 Å². The molecule has 4 nitrogen and oxygen atoms in total. The first-order valence-electron chi connectivity index (χ1n) is 6.65. The number of non-ortho nitro benzene ring substituents is 1. The number of alkyl halides is 1. The van der Waals surface area contributed by atoms with Gasteiger partial charge in [-0.3, -0.25) is 10.1 Å². The average Bonchev–Trinajstić information content (AvgIpc) is 2.96. The Bertz CT molecular complexity index is 614. The van der Waals surface area contributed by atoms with Crippen molar-refractivity contribution in [2.24, 2.45) is 0 Å². The average molecular weight is 325 g/mol. The van der Waals surface area contributed by atoms with Crippen LogP contribution in [-0.2, 0) is 12.4 Å². The van der Waals surface area contributed by atoms with E-state index in [0.29, 0.717) is 0 Å². The van der Waals surface area contributed by atoms with Crippen LogP contribution < -0.4 is 4.90 Å². The quantitative estimate of drug-likeness (QED) is 0.435. The molecule has 1 aromatic carbocycles. The summed E-state index contributed by atoms with van der Waals surface area (Å²) < 4.78 is 0. The lowest BCUT2D eigenvalue weighted by molar-refractivity contribution is -0.384. The molecule has 0 N–H and O–H groups in total. The minimum Gasteiger partial charge on any atom is -0.364 e. The number of nitrogens with zero attached hydrogens (tertiary/aromatic N) is 2. The molecule has 0 aliphatic heterocycles. The van der Waals surface area contributed by atoms with Gasteiger partial charge in [0.25, 0.3) is 5.69 Å². The molecule has 0 amide bonds. The van der Waals surface area contributed by atoms with E-state index in [-0.39, 0.29) is 17.6 Å². The number of nitro groups is 1. The van der Waals surface area contributed by atoms with E-state index in [1.807, 2.05) is 11.4 Å². The number of nitro benzene ring substituents is 1. The summed E-state index contributed by atoms with van der Waals surface area (Å²) in [6.07, 6.45) is 0. The van der Waals surface area contributed by atoms with Crippen molar-refractivity contribution in [3.8, 4) is 0 Å². The lowest BCUT2D eigenvalue weighted by atomic mass is 10.1. The van der Waals surface area contributed by atoms with Gasteiger partial charge in [-0.25, -0.2) is 0 Å². The van der Waals surface area contributed by atoms with Crippen molar-refractivity contribution >= 4 is 34.3 Å². The maximum absolute atomic E-state index is 10.9. The van der Waals surface area contributed by atoms with Crippen LogP contribution in [0.25, 0.3) is 0 Å². The maximum atomic E-state index is 10.9. The molecule has 0 spiro atoms. The molecule has 112 valence electrons. The second kappa shape index (κ2) is 6.91. The highest BCUT2D eigenvalue weighted by Crippen LogP contribution is 2.30. The first-order chi connectivity index (χ1) is 10.0. The molecule has 0 aliphatic rings. The van der Waals surface area contributed by atoms with Gasteiger partial charge in [0, 0.05) is 34.6 Å². The smallest absolute Gasteiger partial charge is 0.269 e. The molecule has 21 heavy (non-hydrogen) atoms. The van der Waals surface area contributed by atoms with E-state index >= 15 is 0 Å². The van der Waals surface area contributed by atoms with Gasteiger partial charge in [0.05, 0.1) is 11.5 Å². The van der Waals surface area contributed by atoms with Gasteiger partial charge in [-0.1, -0.05) is 6.07 Å². The highest BCUT2D eigenvalue weighted by Gasteiger charge is 2.18. The highest BCUT2D eigenvalue weighted by atomic mass is 35.5. The fourth-order valence-corrected chi connectivity index (χ4v) is 3.11. The Kier molecular flexibility index (Phi) is 5.20. The van der Waals surface area contributed by atoms with Crippen LogP contribution in [0.1, 0.15) is 24.3 Å². The van der Waals surface area contributed by atoms with E-state index in [1.165, 1.54) is 10.9 Å². The minimum atomic E-state index is -0.390. The topological polar surface area (TPSA) is 46.4 Å². The van der Waals surface area contributed by atoms with Gasteiger partial charge >= 0.3 is 0 Å². The first-order valence-corrected chi connectivity index (χ1v) is 8.06. The Labute approximate surface area is 133 Å². The summed E-state index contributed by atoms with van der Waals surface area (Å²) in [6.45, 7) is 4.98. The summed E-state index contributed by atoms with van der Waals surface area (Å²) >= 11 is 7.69. The van der Waals surface area contributed by atoms with Gasteiger partial charge in [-0.2, -0.15) is 0 Å². The van der Waals surface area contributed by atoms with Gasteiger partial charge in [0.2, 0.25) is 0 Å². The summed E-state index contributed by atoms with van der Waals surface area (Å²) in [6, 6.07) is 9.28. The molecular formula is C15H17ClN2O2S. The summed E-state index contributed by atoms with van der Waals surface area (Å²) in [7, 11) is 0. The van der Waals surface area contributed by atoms with Crippen molar-refractivity contribution in [2.45, 2.75) is 32.3 Å². The predicted octanol–water partition coefficient (Wildman–Crippen LogP) is 4.81. The van der Waals surface area contributed by atoms with Crippen LogP contribution in [0.15, 0.2) is 35.7 Å². The second-order valence-electron chi connectivity index (χ2n) is 5.00. The standard InChI is InChI=1S/C15H17ClN2O2S/c1-11(2)17(10-14-4-3-7-21-14)15-6-5-13(18(19)20)8-12(15)9-16/h3-8,11H,9-10H2,1-2H3. The second-order valence-corrected chi connectivity index (χ2v) is 6.30. The largest absolute Gasteiger partial charge is 0.364 e. The van der Waals surface area contributed by atoms with E-state index in [4.69, 9.17) is 11.6 Å². The van der Waals surface area contributed by atoms with Crippen LogP contribution in [0, 0.1) is 10.1 Å². The summed E-state index contributed by atoms with van der Waals surface area (Å²) in [5, 5.41) is 12.9. The Balaban J connectivity index is 2.37. The molecule has 6 heteroatoms. The molecule has 1 aromatic heterocycles. The van der Waals surface area contributed by atoms with Gasteiger partial charge in [-0.05, 0) is 36.9 Å². The van der Waals surface area contributed by atoms with Gasteiger partial charge in [-0.15, -0.1) is 22.9 Å². The molecule has 0 saturated carbocycles. The number of anilines is 1. The SMILES string of the molecule is CC(C)N(Cc1cccs1)c1ccc([N+](=O)[O-])cc1CCl. The molecule has 0 bridgehead atoms. The number of benzene rings is 1. The number of thiophene rings is 1. The van der Waals surface area contributed by atoms with Crippen molar-refractivity contribution in [1.82, 2.24) is 0 Å². The zero-order valence-electron chi connectivity index (χ0n) is 12.0. The normalized spacial score (nSPS) is 10.9. The first kappa shape index (κ1) is 15.8. The Morgan fingerprint density at radius 1 is 1.38 bits per heavy atom. The highest BCUT2D eigenvalue weighted by molar-refractivity contribution is 7.09. The number of hydrogen-bond donors (Lipinski definition) is 0. The zero-order valence-corrected chi connectivity index (χ0v) is 13.5. The van der Waals surface area contributed by atoms with Crippen LogP contribution in [-0.4, -0.2) is 11.0 Å². The van der Waals surface area contributed by atoms with Gasteiger partial charge in [0.15, 0.2) is 0 Å². The molecular weight excluding hydrogens is 308 g/mol. The molecule has 1 heterocycles. The third-order valence-corrected chi connectivity index (χ3v) is 4.41. The van der Waals surface area contributed by atoms with Crippen molar-refractivity contribution < 1.29 is 4.92 Å². The van der Waals surface area contributed by atoms with Crippen LogP contribution in [0.4, 0.5) is 11.4 Å². The molecule has 0 saturated heterocycles. The fourth-order valence-electron chi connectivity index (χ4n) is 2.19. The summed E-state index contributed by atoms with van der Waals surface area (Å²) in [4.78, 5) is 14.0. The molecule has 0 fully saturated rings. The Morgan fingerprint density at radius 2 is 2.14 bits per heavy atom. The lowest BCUT2D eigenvalue weighted by Crippen LogP contribution is -2.30. The third kappa shape index (κ3) is 3.74. The minimum absolute atomic E-state index is 0.0780. The molecule has 0 aliphatic carbocycles. The molecule has 2 aromatic rings. The van der Waals surface area contributed by atoms with E-state index in [9.17, 15) is 10.1 Å². The molecule has 2 rings (SSSR count). The van der Waals surface area contributed by atoms with Gasteiger partial charge in [0.1, 0.15) is 0 Å². The third-order valence-electron chi connectivity index (χ3n) is 3.26. The van der Waals surface area contributed by atoms with Crippen molar-refractivity contribution in [1.29, 1.82) is 0 Å². The molecule has 0 unspecified atom stereocenters. The van der Waals surface area contributed by atoms with E-state index < -0.39 is 4.92 Å². The zero-order chi connectivity index (χ0) is 15.4. The van der Waals surface area contributed by atoms with Crippen LogP contribution in [0.5, 0.6) is 0 Å². The maximum Gasteiger partial charge on any atom is 0.269 e. The Hall–Kier alpha value is -1.59. The van der Waals surface area contributed by atoms with E-state index in [1.54, 1.807) is 23.5 Å². The monoisotopic (exact) mass is 324 g/mol. The Morgan fingerprint density at radius 3 is 2.67 bits per heavy atom. The van der Waals surface area contributed by atoms with Crippen LogP contribution in [0.3, 0.4) is 0 Å². The van der Waals surface area contributed by atoms with E-state index in [0.717, 1.165) is 17.8 Å². The van der Waals surface area contributed by atoms with Crippen LogP contribution in [0.2, 0.25) is 0 Å². The van der Waals surface area contributed by atoms with Crippen molar-refractivity contribution in [3.05, 3.63) is 56.3 Å². The predicted molar refractivity (Wildman–Crippen MR) is 88.3 cm³/mol. The van der Waals surface area contributed by atoms with Crippen molar-refractivity contribution in [3.63, 3.8) is 0 Å². The molecule has 0 atom stereocenters. The number of halogens is 1. The van der Waals surface area contributed by atoms with Crippen LogP contribution >= 0.6 is 22.9 Å². The number of hydrogen-bond acceptors (Lipinski definition) is 4. The fraction of sp³-hybridized carbons (Fsp3) is 0.333. The number of rotatable bonds is 6. The summed E-state index contributed by atoms with van der Waals surface area (Å²) in [5.41, 5.74) is 1.82.